The summed E-state index contributed by atoms with van der Waals surface area (Å²) in [6.45, 7) is 3.74. The summed E-state index contributed by atoms with van der Waals surface area (Å²) >= 11 is 0. The highest BCUT2D eigenvalue weighted by Gasteiger charge is 2.47. The van der Waals surface area contributed by atoms with Crippen molar-refractivity contribution in [1.82, 2.24) is 0 Å². The van der Waals surface area contributed by atoms with Gasteiger partial charge in [-0.05, 0) is 26.7 Å². The molecule has 2 atom stereocenters. The van der Waals surface area contributed by atoms with Crippen LogP contribution >= 0.6 is 0 Å². The summed E-state index contributed by atoms with van der Waals surface area (Å²) in [7, 11) is 0. The topological polar surface area (TPSA) is 93.1 Å². The van der Waals surface area contributed by atoms with Gasteiger partial charge in [0.2, 0.25) is 0 Å². The van der Waals surface area contributed by atoms with Crippen LogP contribution in [-0.4, -0.2) is 33.4 Å². The summed E-state index contributed by atoms with van der Waals surface area (Å²) in [5.41, 5.74) is -1.15. The van der Waals surface area contributed by atoms with Gasteiger partial charge in [-0.15, -0.1) is 0 Å². The maximum atomic E-state index is 10.8. The minimum Gasteiger partial charge on any atom is -0.481 e. The second-order valence-electron chi connectivity index (χ2n) is 6.83. The molecule has 0 spiro atoms. The lowest BCUT2D eigenvalue weighted by molar-refractivity contribution is -0.345. The average molecular weight is 316 g/mol. The molecule has 0 aliphatic carbocycles. The van der Waals surface area contributed by atoms with Crippen LogP contribution in [0.5, 0.6) is 0 Å². The molecule has 1 fully saturated rings. The molecule has 6 nitrogen and oxygen atoms in total. The van der Waals surface area contributed by atoms with E-state index in [2.05, 4.69) is 0 Å². The van der Waals surface area contributed by atoms with Crippen LogP contribution in [-0.2, 0) is 19.4 Å². The van der Waals surface area contributed by atoms with Gasteiger partial charge in [-0.2, -0.15) is 0 Å². The number of carboxylic acids is 2. The minimum atomic E-state index is -0.878. The summed E-state index contributed by atoms with van der Waals surface area (Å²) in [5, 5.41) is 17.4. The summed E-state index contributed by atoms with van der Waals surface area (Å²) in [6.07, 6.45) is 7.56. The molecule has 22 heavy (non-hydrogen) atoms. The highest BCUT2D eigenvalue weighted by molar-refractivity contribution is 5.68. The first-order chi connectivity index (χ1) is 10.2. The van der Waals surface area contributed by atoms with Crippen LogP contribution in [0.1, 0.15) is 78.1 Å². The van der Waals surface area contributed by atoms with E-state index < -0.39 is 23.1 Å². The Morgan fingerprint density at radius 1 is 0.864 bits per heavy atom. The molecule has 6 heteroatoms. The van der Waals surface area contributed by atoms with Crippen molar-refractivity contribution in [3.8, 4) is 0 Å². The highest BCUT2D eigenvalue weighted by atomic mass is 17.2. The van der Waals surface area contributed by atoms with Gasteiger partial charge in [-0.3, -0.25) is 9.59 Å². The Kier molecular flexibility index (Phi) is 7.29. The van der Waals surface area contributed by atoms with Crippen molar-refractivity contribution in [1.29, 1.82) is 0 Å². The molecule has 0 radical (unpaired) electrons. The maximum Gasteiger partial charge on any atom is 0.306 e. The second-order valence-corrected chi connectivity index (χ2v) is 6.83. The lowest BCUT2D eigenvalue weighted by Gasteiger charge is -2.21. The number of carboxylic acid groups (broad SMARTS) is 2. The quantitative estimate of drug-likeness (QED) is 0.447. The van der Waals surface area contributed by atoms with Crippen LogP contribution in [0.25, 0.3) is 0 Å². The first-order valence-electron chi connectivity index (χ1n) is 8.05. The van der Waals surface area contributed by atoms with Crippen molar-refractivity contribution < 1.29 is 29.6 Å². The van der Waals surface area contributed by atoms with Gasteiger partial charge in [0.25, 0.3) is 0 Å². The number of aliphatic carboxylic acids is 2. The molecule has 128 valence electrons. The van der Waals surface area contributed by atoms with E-state index in [1.54, 1.807) is 6.92 Å². The zero-order valence-electron chi connectivity index (χ0n) is 13.6. The third-order valence-corrected chi connectivity index (χ3v) is 4.06. The van der Waals surface area contributed by atoms with Gasteiger partial charge < -0.3 is 10.2 Å². The number of rotatable bonds is 11. The van der Waals surface area contributed by atoms with E-state index in [0.29, 0.717) is 6.42 Å². The summed E-state index contributed by atoms with van der Waals surface area (Å²) < 4.78 is 0. The van der Waals surface area contributed by atoms with Crippen LogP contribution in [0, 0.1) is 0 Å². The van der Waals surface area contributed by atoms with Crippen LogP contribution < -0.4 is 0 Å². The Bertz CT molecular complexity index is 383. The van der Waals surface area contributed by atoms with Gasteiger partial charge >= 0.3 is 11.9 Å². The summed E-state index contributed by atoms with van der Waals surface area (Å²) in [5.74, 6) is -1.60. The molecule has 0 amide bonds. The number of unbranched alkanes of at least 4 members (excludes halogenated alkanes) is 5. The van der Waals surface area contributed by atoms with E-state index in [-0.39, 0.29) is 12.8 Å². The first kappa shape index (κ1) is 18.9. The van der Waals surface area contributed by atoms with Crippen molar-refractivity contribution in [3.63, 3.8) is 0 Å². The van der Waals surface area contributed by atoms with Crippen LogP contribution in [0.4, 0.5) is 0 Å². The fraction of sp³-hybridized carbons (Fsp3) is 0.875. The standard InChI is InChI=1S/C16H28O6/c1-15(12-16(2,22-21-15)11-14(19)20)10-8-6-4-3-5-7-9-13(17)18/h3-12H2,1-2H3,(H,17,18)(H,19,20). The summed E-state index contributed by atoms with van der Waals surface area (Å²) in [6, 6.07) is 0. The zero-order valence-corrected chi connectivity index (χ0v) is 13.6. The molecule has 1 saturated heterocycles. The normalized spacial score (nSPS) is 27.9. The molecule has 1 heterocycles. The molecule has 0 aromatic carbocycles. The van der Waals surface area contributed by atoms with Crippen molar-refractivity contribution in [3.05, 3.63) is 0 Å². The molecule has 0 bridgehead atoms. The van der Waals surface area contributed by atoms with Gasteiger partial charge in [-0.1, -0.05) is 32.1 Å². The molecule has 1 rings (SSSR count). The van der Waals surface area contributed by atoms with E-state index in [1.807, 2.05) is 6.92 Å². The van der Waals surface area contributed by atoms with Gasteiger partial charge in [-0.25, -0.2) is 9.78 Å². The van der Waals surface area contributed by atoms with Crippen molar-refractivity contribution >= 4 is 11.9 Å². The van der Waals surface area contributed by atoms with Gasteiger partial charge in [0.15, 0.2) is 0 Å². The molecule has 0 aromatic rings. The monoisotopic (exact) mass is 316 g/mol. The average Bonchev–Trinajstić information content (AvgIpc) is 2.67. The lowest BCUT2D eigenvalue weighted by atomic mass is 9.85. The number of hydrogen-bond donors (Lipinski definition) is 2. The second kappa shape index (κ2) is 8.48. The lowest BCUT2D eigenvalue weighted by Crippen LogP contribution is -2.30. The fourth-order valence-electron chi connectivity index (χ4n) is 3.08. The van der Waals surface area contributed by atoms with Gasteiger partial charge in [0.1, 0.15) is 11.2 Å². The Balaban J connectivity index is 2.12. The first-order valence-corrected chi connectivity index (χ1v) is 8.05. The molecule has 2 unspecified atom stereocenters. The van der Waals surface area contributed by atoms with E-state index >= 15 is 0 Å². The van der Waals surface area contributed by atoms with E-state index in [0.717, 1.165) is 44.9 Å². The predicted octanol–water partition coefficient (Wildman–Crippen LogP) is 3.54. The summed E-state index contributed by atoms with van der Waals surface area (Å²) in [4.78, 5) is 31.9. The molecule has 0 saturated carbocycles. The third-order valence-electron chi connectivity index (χ3n) is 4.06. The SMILES string of the molecule is CC1(CCCCCCCCC(=O)O)CC(C)(CC(=O)O)OO1. The van der Waals surface area contributed by atoms with Crippen molar-refractivity contribution in [2.75, 3.05) is 0 Å². The van der Waals surface area contributed by atoms with E-state index in [1.165, 1.54) is 0 Å². The Hall–Kier alpha value is -1.14. The van der Waals surface area contributed by atoms with Crippen molar-refractivity contribution in [2.45, 2.75) is 89.3 Å². The molecule has 1 aliphatic heterocycles. The van der Waals surface area contributed by atoms with Gasteiger partial charge in [0, 0.05) is 12.8 Å². The largest absolute Gasteiger partial charge is 0.481 e. The van der Waals surface area contributed by atoms with E-state index in [9.17, 15) is 9.59 Å². The van der Waals surface area contributed by atoms with Crippen LogP contribution in [0.2, 0.25) is 0 Å². The molecular weight excluding hydrogens is 288 g/mol. The van der Waals surface area contributed by atoms with Crippen LogP contribution in [0.3, 0.4) is 0 Å². The highest BCUT2D eigenvalue weighted by Crippen LogP contribution is 2.40. The van der Waals surface area contributed by atoms with E-state index in [4.69, 9.17) is 20.0 Å². The zero-order chi connectivity index (χ0) is 16.6. The molecule has 0 aromatic heterocycles. The fourth-order valence-corrected chi connectivity index (χ4v) is 3.08. The van der Waals surface area contributed by atoms with Crippen molar-refractivity contribution in [2.24, 2.45) is 0 Å². The Morgan fingerprint density at radius 2 is 1.41 bits per heavy atom. The number of carbonyl (C=O) groups is 2. The number of hydrogen-bond acceptors (Lipinski definition) is 4. The van der Waals surface area contributed by atoms with Gasteiger partial charge in [0.05, 0.1) is 6.42 Å². The molecular formula is C16H28O6. The maximum absolute atomic E-state index is 10.8. The predicted molar refractivity (Wildman–Crippen MR) is 80.4 cm³/mol. The third kappa shape index (κ3) is 7.22. The smallest absolute Gasteiger partial charge is 0.306 e. The minimum absolute atomic E-state index is 0.0494. The van der Waals surface area contributed by atoms with Crippen LogP contribution in [0.15, 0.2) is 0 Å². The molecule has 1 aliphatic rings. The Morgan fingerprint density at radius 3 is 2.00 bits per heavy atom. The Labute approximate surface area is 131 Å². The molecule has 2 N–H and O–H groups in total.